The molecule has 1 aromatic heterocycles. The summed E-state index contributed by atoms with van der Waals surface area (Å²) in [6.07, 6.45) is 2.52. The highest BCUT2D eigenvalue weighted by molar-refractivity contribution is 5.40. The Morgan fingerprint density at radius 1 is 1.64 bits per heavy atom. The number of methoxy groups -OCH3 is 1. The highest BCUT2D eigenvalue weighted by Gasteiger charge is 1.98. The van der Waals surface area contributed by atoms with Crippen LogP contribution in [-0.2, 0) is 0 Å². The zero-order valence-corrected chi connectivity index (χ0v) is 8.45. The molecule has 0 radical (unpaired) electrons. The minimum atomic E-state index is -0.0956. The molecule has 3 nitrogen and oxygen atoms in total. The van der Waals surface area contributed by atoms with Crippen LogP contribution in [0.4, 0.5) is 0 Å². The number of hydrogen-bond donors (Lipinski definition) is 1. The third-order valence-corrected chi connectivity index (χ3v) is 1.81. The van der Waals surface area contributed by atoms with Gasteiger partial charge in [-0.15, -0.1) is 0 Å². The number of rotatable bonds is 2. The fourth-order valence-electron chi connectivity index (χ4n) is 0.912. The van der Waals surface area contributed by atoms with Crippen LogP contribution in [0.3, 0.4) is 0 Å². The van der Waals surface area contributed by atoms with Crippen molar-refractivity contribution in [2.24, 2.45) is 5.73 Å². The van der Waals surface area contributed by atoms with Crippen molar-refractivity contribution in [1.82, 2.24) is 4.98 Å². The normalized spacial score (nSPS) is 11.4. The van der Waals surface area contributed by atoms with Gasteiger partial charge < -0.3 is 10.5 Å². The van der Waals surface area contributed by atoms with Crippen molar-refractivity contribution < 1.29 is 4.74 Å². The van der Waals surface area contributed by atoms with Crippen molar-refractivity contribution in [3.05, 3.63) is 24.0 Å². The molecule has 1 unspecified atom stereocenters. The van der Waals surface area contributed by atoms with E-state index in [4.69, 9.17) is 10.5 Å². The average molecular weight is 190 g/mol. The van der Waals surface area contributed by atoms with Gasteiger partial charge in [0.15, 0.2) is 11.4 Å². The summed E-state index contributed by atoms with van der Waals surface area (Å²) < 4.78 is 5.11. The van der Waals surface area contributed by atoms with Crippen molar-refractivity contribution in [3.63, 3.8) is 0 Å². The van der Waals surface area contributed by atoms with E-state index in [1.165, 1.54) is 0 Å². The predicted molar refractivity (Wildman–Crippen MR) is 55.9 cm³/mol. The van der Waals surface area contributed by atoms with Crippen LogP contribution < -0.4 is 10.5 Å². The summed E-state index contributed by atoms with van der Waals surface area (Å²) in [5.41, 5.74) is 6.31. The summed E-state index contributed by atoms with van der Waals surface area (Å²) in [7, 11) is 1.60. The van der Waals surface area contributed by atoms with Crippen LogP contribution in [0, 0.1) is 11.8 Å². The van der Waals surface area contributed by atoms with E-state index >= 15 is 0 Å². The second-order valence-electron chi connectivity index (χ2n) is 2.84. The molecule has 0 bridgehead atoms. The first-order valence-electron chi connectivity index (χ1n) is 4.54. The zero-order chi connectivity index (χ0) is 10.4. The topological polar surface area (TPSA) is 48.1 Å². The fraction of sp³-hybridized carbons (Fsp3) is 0.364. The lowest BCUT2D eigenvalue weighted by molar-refractivity contribution is 0.411. The Labute approximate surface area is 84.3 Å². The Bertz CT molecular complexity index is 352. The van der Waals surface area contributed by atoms with Gasteiger partial charge in [0, 0.05) is 6.20 Å². The summed E-state index contributed by atoms with van der Waals surface area (Å²) in [6, 6.07) is 3.54. The highest BCUT2D eigenvalue weighted by atomic mass is 16.5. The average Bonchev–Trinajstić information content (AvgIpc) is 2.26. The van der Waals surface area contributed by atoms with Gasteiger partial charge in [0.05, 0.1) is 13.2 Å². The van der Waals surface area contributed by atoms with Crippen LogP contribution in [0.1, 0.15) is 19.0 Å². The van der Waals surface area contributed by atoms with Crippen LogP contribution in [0.15, 0.2) is 18.3 Å². The van der Waals surface area contributed by atoms with Crippen LogP contribution in [-0.4, -0.2) is 18.1 Å². The van der Waals surface area contributed by atoms with Gasteiger partial charge in [-0.2, -0.15) is 0 Å². The number of nitrogens with zero attached hydrogens (tertiary/aromatic N) is 1. The molecule has 0 fully saturated rings. The monoisotopic (exact) mass is 190 g/mol. The van der Waals surface area contributed by atoms with Gasteiger partial charge in [0.1, 0.15) is 0 Å². The minimum Gasteiger partial charge on any atom is -0.494 e. The molecule has 2 N–H and O–H groups in total. The molecule has 1 aromatic rings. The Morgan fingerprint density at radius 3 is 3.07 bits per heavy atom. The van der Waals surface area contributed by atoms with Crippen molar-refractivity contribution >= 4 is 0 Å². The molecule has 0 amide bonds. The molecule has 0 aliphatic carbocycles. The summed E-state index contributed by atoms with van der Waals surface area (Å²) in [6.45, 7) is 2.00. The van der Waals surface area contributed by atoms with E-state index in [1.54, 1.807) is 13.3 Å². The molecule has 1 rings (SSSR count). The highest BCUT2D eigenvalue weighted by Crippen LogP contribution is 2.12. The van der Waals surface area contributed by atoms with E-state index in [1.807, 2.05) is 19.1 Å². The third-order valence-electron chi connectivity index (χ3n) is 1.81. The summed E-state index contributed by atoms with van der Waals surface area (Å²) >= 11 is 0. The number of ether oxygens (including phenoxy) is 1. The largest absolute Gasteiger partial charge is 0.494 e. The van der Waals surface area contributed by atoms with E-state index in [-0.39, 0.29) is 6.04 Å². The van der Waals surface area contributed by atoms with Crippen LogP contribution >= 0.6 is 0 Å². The molecule has 1 heterocycles. The van der Waals surface area contributed by atoms with Crippen molar-refractivity contribution in [3.8, 4) is 17.6 Å². The first-order valence-corrected chi connectivity index (χ1v) is 4.54. The van der Waals surface area contributed by atoms with Crippen molar-refractivity contribution in [2.75, 3.05) is 7.11 Å². The van der Waals surface area contributed by atoms with Gasteiger partial charge in [0.25, 0.3) is 0 Å². The first kappa shape index (κ1) is 10.6. The molecule has 3 heteroatoms. The van der Waals surface area contributed by atoms with Crippen molar-refractivity contribution in [1.29, 1.82) is 0 Å². The van der Waals surface area contributed by atoms with Crippen LogP contribution in [0.25, 0.3) is 0 Å². The van der Waals surface area contributed by atoms with E-state index < -0.39 is 0 Å². The molecule has 0 saturated carbocycles. The van der Waals surface area contributed by atoms with Gasteiger partial charge in [0.2, 0.25) is 0 Å². The lowest BCUT2D eigenvalue weighted by Crippen LogP contribution is -2.15. The zero-order valence-electron chi connectivity index (χ0n) is 8.45. The van der Waals surface area contributed by atoms with E-state index in [2.05, 4.69) is 16.8 Å². The fourth-order valence-corrected chi connectivity index (χ4v) is 0.912. The summed E-state index contributed by atoms with van der Waals surface area (Å²) in [5.74, 6) is 6.50. The SMILES string of the molecule is CCC(N)C#Cc1ncccc1OC. The van der Waals surface area contributed by atoms with Gasteiger partial charge in [-0.05, 0) is 24.5 Å². The lowest BCUT2D eigenvalue weighted by atomic mass is 10.2. The number of hydrogen-bond acceptors (Lipinski definition) is 3. The molecule has 74 valence electrons. The first-order chi connectivity index (χ1) is 6.77. The Morgan fingerprint density at radius 2 is 2.43 bits per heavy atom. The second kappa shape index (κ2) is 5.25. The maximum absolute atomic E-state index is 5.67. The Balaban J connectivity index is 2.88. The molecule has 1 atom stereocenters. The second-order valence-corrected chi connectivity index (χ2v) is 2.84. The smallest absolute Gasteiger partial charge is 0.155 e. The number of pyridine rings is 1. The lowest BCUT2D eigenvalue weighted by Gasteiger charge is -2.00. The quantitative estimate of drug-likeness (QED) is 0.712. The van der Waals surface area contributed by atoms with E-state index in [0.29, 0.717) is 11.4 Å². The van der Waals surface area contributed by atoms with Crippen molar-refractivity contribution in [2.45, 2.75) is 19.4 Å². The Kier molecular flexibility index (Phi) is 3.96. The molecular formula is C11H14N2O. The van der Waals surface area contributed by atoms with Gasteiger partial charge in [-0.3, -0.25) is 0 Å². The standard InChI is InChI=1S/C11H14N2O/c1-3-9(12)6-7-10-11(14-2)5-4-8-13-10/h4-5,8-9H,3,12H2,1-2H3. The number of nitrogens with two attached hydrogens (primary N) is 1. The molecule has 14 heavy (non-hydrogen) atoms. The summed E-state index contributed by atoms with van der Waals surface area (Å²) in [5, 5.41) is 0. The van der Waals surface area contributed by atoms with Gasteiger partial charge in [-0.25, -0.2) is 4.98 Å². The number of aromatic nitrogens is 1. The molecule has 0 spiro atoms. The van der Waals surface area contributed by atoms with Gasteiger partial charge >= 0.3 is 0 Å². The van der Waals surface area contributed by atoms with Crippen LogP contribution in [0.2, 0.25) is 0 Å². The molecule has 0 aromatic carbocycles. The van der Waals surface area contributed by atoms with E-state index in [0.717, 1.165) is 6.42 Å². The third kappa shape index (κ3) is 2.75. The predicted octanol–water partition coefficient (Wildman–Crippen LogP) is 1.18. The molecule has 0 aliphatic heterocycles. The molecular weight excluding hydrogens is 176 g/mol. The maximum Gasteiger partial charge on any atom is 0.155 e. The van der Waals surface area contributed by atoms with E-state index in [9.17, 15) is 0 Å². The molecule has 0 saturated heterocycles. The minimum absolute atomic E-state index is 0.0956. The van der Waals surface area contributed by atoms with Crippen LogP contribution in [0.5, 0.6) is 5.75 Å². The molecule has 0 aliphatic rings. The summed E-state index contributed by atoms with van der Waals surface area (Å²) in [4.78, 5) is 4.10. The maximum atomic E-state index is 5.67. The Hall–Kier alpha value is -1.53. The van der Waals surface area contributed by atoms with Gasteiger partial charge in [-0.1, -0.05) is 12.8 Å².